The predicted molar refractivity (Wildman–Crippen MR) is 73.7 cm³/mol. The minimum Gasteiger partial charge on any atom is -0.492 e. The van der Waals surface area contributed by atoms with Crippen molar-refractivity contribution in [1.82, 2.24) is 4.90 Å². The quantitative estimate of drug-likeness (QED) is 0.833. The molecule has 1 heterocycles. The molecular formula is C13H16N2O2S. The monoisotopic (exact) mass is 264 g/mol. The van der Waals surface area contributed by atoms with Crippen LogP contribution >= 0.6 is 12.2 Å². The number of carbonyl (C=O) groups is 1. The van der Waals surface area contributed by atoms with E-state index in [0.717, 1.165) is 11.3 Å². The summed E-state index contributed by atoms with van der Waals surface area (Å²) >= 11 is 4.86. The minimum absolute atomic E-state index is 0.0234. The van der Waals surface area contributed by atoms with Crippen LogP contribution in [0, 0.1) is 0 Å². The summed E-state index contributed by atoms with van der Waals surface area (Å²) in [5, 5.41) is 0. The van der Waals surface area contributed by atoms with Crippen molar-refractivity contribution in [3.8, 4) is 5.75 Å². The van der Waals surface area contributed by atoms with Gasteiger partial charge in [0.25, 0.3) is 0 Å². The lowest BCUT2D eigenvalue weighted by Gasteiger charge is -2.23. The zero-order valence-electron chi connectivity index (χ0n) is 10.3. The van der Waals surface area contributed by atoms with Gasteiger partial charge in [-0.25, -0.2) is 0 Å². The molecule has 18 heavy (non-hydrogen) atoms. The van der Waals surface area contributed by atoms with Gasteiger partial charge >= 0.3 is 0 Å². The molecule has 0 fully saturated rings. The lowest BCUT2D eigenvalue weighted by atomic mass is 10.00. The molecule has 1 atom stereocenters. The van der Waals surface area contributed by atoms with Crippen molar-refractivity contribution in [2.45, 2.75) is 12.8 Å². The van der Waals surface area contributed by atoms with E-state index in [1.165, 1.54) is 0 Å². The number of carbonyl (C=O) groups excluding carboxylic acids is 1. The number of para-hydroxylation sites is 1. The van der Waals surface area contributed by atoms with Gasteiger partial charge in [-0.3, -0.25) is 4.79 Å². The maximum Gasteiger partial charge on any atom is 0.234 e. The Hall–Kier alpha value is -1.62. The number of nitrogens with zero attached hydrogens (tertiary/aromatic N) is 1. The topological polar surface area (TPSA) is 55.6 Å². The fraction of sp³-hybridized carbons (Fsp3) is 0.385. The molecule has 0 spiro atoms. The van der Waals surface area contributed by atoms with Crippen molar-refractivity contribution in [2.75, 3.05) is 19.7 Å². The van der Waals surface area contributed by atoms with Gasteiger partial charge in [0.15, 0.2) is 0 Å². The summed E-state index contributed by atoms with van der Waals surface area (Å²) in [7, 11) is 0. The van der Waals surface area contributed by atoms with Gasteiger partial charge in [-0.1, -0.05) is 30.4 Å². The first-order chi connectivity index (χ1) is 8.63. The minimum atomic E-state index is -0.240. The van der Waals surface area contributed by atoms with Gasteiger partial charge in [-0.2, -0.15) is 0 Å². The molecule has 5 heteroatoms. The normalized spacial score (nSPS) is 16.8. The van der Waals surface area contributed by atoms with Gasteiger partial charge in [0.1, 0.15) is 18.3 Å². The van der Waals surface area contributed by atoms with E-state index in [9.17, 15) is 4.79 Å². The zero-order valence-corrected chi connectivity index (χ0v) is 11.1. The van der Waals surface area contributed by atoms with Crippen molar-refractivity contribution in [2.24, 2.45) is 5.73 Å². The molecule has 1 aliphatic rings. The number of hydrogen-bond acceptors (Lipinski definition) is 3. The van der Waals surface area contributed by atoms with E-state index in [0.29, 0.717) is 24.7 Å². The molecule has 0 saturated heterocycles. The molecular weight excluding hydrogens is 248 g/mol. The molecule has 4 nitrogen and oxygen atoms in total. The van der Waals surface area contributed by atoms with Crippen LogP contribution in [0.1, 0.15) is 18.4 Å². The number of nitrogens with two attached hydrogens (primary N) is 1. The van der Waals surface area contributed by atoms with Gasteiger partial charge in [0, 0.05) is 12.1 Å². The lowest BCUT2D eigenvalue weighted by molar-refractivity contribution is -0.132. The first-order valence-electron chi connectivity index (χ1n) is 5.92. The molecule has 1 amide bonds. The Kier molecular flexibility index (Phi) is 3.81. The van der Waals surface area contributed by atoms with Crippen molar-refractivity contribution in [1.29, 1.82) is 0 Å². The molecule has 0 bridgehead atoms. The van der Waals surface area contributed by atoms with Crippen LogP contribution in [0.15, 0.2) is 24.3 Å². The molecule has 0 aliphatic carbocycles. The smallest absolute Gasteiger partial charge is 0.234 e. The number of benzene rings is 1. The second-order valence-electron chi connectivity index (χ2n) is 4.22. The number of amides is 1. The Morgan fingerprint density at radius 3 is 2.94 bits per heavy atom. The fourth-order valence-electron chi connectivity index (χ4n) is 2.12. The van der Waals surface area contributed by atoms with Crippen molar-refractivity contribution >= 4 is 23.1 Å². The summed E-state index contributed by atoms with van der Waals surface area (Å²) in [6.07, 6.45) is 0. The van der Waals surface area contributed by atoms with Gasteiger partial charge in [-0.15, -0.1) is 0 Å². The molecule has 0 radical (unpaired) electrons. The first-order valence-corrected chi connectivity index (χ1v) is 6.33. The molecule has 0 saturated carbocycles. The van der Waals surface area contributed by atoms with E-state index in [1.807, 2.05) is 31.2 Å². The van der Waals surface area contributed by atoms with Crippen LogP contribution in [0.4, 0.5) is 0 Å². The van der Waals surface area contributed by atoms with Gasteiger partial charge < -0.3 is 15.4 Å². The average molecular weight is 264 g/mol. The predicted octanol–water partition coefficient (Wildman–Crippen LogP) is 1.30. The van der Waals surface area contributed by atoms with E-state index in [2.05, 4.69) is 0 Å². The van der Waals surface area contributed by atoms with Crippen molar-refractivity contribution in [3.63, 3.8) is 0 Å². The van der Waals surface area contributed by atoms with Crippen molar-refractivity contribution < 1.29 is 9.53 Å². The van der Waals surface area contributed by atoms with E-state index in [-0.39, 0.29) is 11.8 Å². The highest BCUT2D eigenvalue weighted by molar-refractivity contribution is 7.80. The maximum atomic E-state index is 12.4. The maximum absolute atomic E-state index is 12.4. The Morgan fingerprint density at radius 1 is 1.56 bits per heavy atom. The van der Waals surface area contributed by atoms with Crippen LogP contribution in [0.25, 0.3) is 0 Å². The van der Waals surface area contributed by atoms with E-state index < -0.39 is 0 Å². The highest BCUT2D eigenvalue weighted by atomic mass is 32.1. The second-order valence-corrected chi connectivity index (χ2v) is 4.74. The zero-order chi connectivity index (χ0) is 13.1. The largest absolute Gasteiger partial charge is 0.492 e. The third-order valence-corrected chi connectivity index (χ3v) is 3.17. The summed E-state index contributed by atoms with van der Waals surface area (Å²) < 4.78 is 5.52. The Bertz CT molecular complexity index is 476. The third kappa shape index (κ3) is 2.46. The molecule has 1 aliphatic heterocycles. The summed E-state index contributed by atoms with van der Waals surface area (Å²) in [6.45, 7) is 3.22. The molecule has 1 unspecified atom stereocenters. The summed E-state index contributed by atoms with van der Waals surface area (Å²) in [6, 6.07) is 7.63. The molecule has 2 rings (SSSR count). The van der Waals surface area contributed by atoms with E-state index in [1.54, 1.807) is 4.90 Å². The molecule has 2 N–H and O–H groups in total. The number of hydrogen-bond donors (Lipinski definition) is 1. The fourth-order valence-corrected chi connectivity index (χ4v) is 2.28. The summed E-state index contributed by atoms with van der Waals surface area (Å²) in [4.78, 5) is 14.4. The van der Waals surface area contributed by atoms with E-state index >= 15 is 0 Å². The van der Waals surface area contributed by atoms with Crippen molar-refractivity contribution in [3.05, 3.63) is 29.8 Å². The number of thiocarbonyl (C=S) groups is 1. The number of rotatable bonds is 4. The van der Waals surface area contributed by atoms with Gasteiger partial charge in [0.2, 0.25) is 5.91 Å². The van der Waals surface area contributed by atoms with Gasteiger partial charge in [0.05, 0.1) is 11.5 Å². The molecule has 1 aromatic rings. The van der Waals surface area contributed by atoms with Crippen LogP contribution in [0.2, 0.25) is 0 Å². The number of ether oxygens (including phenoxy) is 1. The molecule has 96 valence electrons. The summed E-state index contributed by atoms with van der Waals surface area (Å²) in [5.41, 5.74) is 6.45. The Morgan fingerprint density at radius 2 is 2.28 bits per heavy atom. The van der Waals surface area contributed by atoms with Crippen LogP contribution < -0.4 is 10.5 Å². The highest BCUT2D eigenvalue weighted by Gasteiger charge is 2.32. The third-order valence-electron chi connectivity index (χ3n) is 3.04. The van der Waals surface area contributed by atoms with E-state index in [4.69, 9.17) is 22.7 Å². The van der Waals surface area contributed by atoms with Gasteiger partial charge in [-0.05, 0) is 13.0 Å². The summed E-state index contributed by atoms with van der Waals surface area (Å²) in [5.74, 6) is 0.577. The van der Waals surface area contributed by atoms with Crippen LogP contribution in [0.3, 0.4) is 0 Å². The van der Waals surface area contributed by atoms with Crippen LogP contribution in [-0.2, 0) is 4.79 Å². The Labute approximate surface area is 112 Å². The van der Waals surface area contributed by atoms with Crippen LogP contribution in [-0.4, -0.2) is 35.5 Å². The SMILES string of the molecule is CCN(CC(N)=S)C(=O)C1COc2ccccc21. The lowest BCUT2D eigenvalue weighted by Crippen LogP contribution is -2.40. The first kappa shape index (κ1) is 12.8. The number of fused-ring (bicyclic) bond motifs is 1. The molecule has 0 aromatic heterocycles. The molecule has 1 aromatic carbocycles. The Balaban J connectivity index is 2.17. The standard InChI is InChI=1S/C13H16N2O2S/c1-2-15(7-12(14)18)13(16)10-8-17-11-6-4-3-5-9(10)11/h3-6,10H,2,7-8H2,1H3,(H2,14,18). The number of likely N-dealkylation sites (N-methyl/N-ethyl adjacent to an activating group) is 1. The average Bonchev–Trinajstić information content (AvgIpc) is 2.78. The van der Waals surface area contributed by atoms with Crippen LogP contribution in [0.5, 0.6) is 5.75 Å². The second kappa shape index (κ2) is 5.35. The highest BCUT2D eigenvalue weighted by Crippen LogP contribution is 2.34.